The Morgan fingerprint density at radius 3 is 0.391 bits per heavy atom. The molecule has 0 N–H and O–H groups in total. The quantitative estimate of drug-likeness (QED) is 0.0888. The Hall–Kier alpha value is -3.66. The molecule has 4 aromatic carbocycles. The number of rotatable bonds is 4. The van der Waals surface area contributed by atoms with Gasteiger partial charge in [0, 0.05) is 0 Å². The van der Waals surface area contributed by atoms with Crippen molar-refractivity contribution in [3.05, 3.63) is 116 Å². The Kier molecular flexibility index (Phi) is 8.39. The van der Waals surface area contributed by atoms with Gasteiger partial charge in [-0.25, -0.2) is 0 Å². The fourth-order valence-electron chi connectivity index (χ4n) is 4.68. The maximum absolute atomic E-state index is 15.6. The summed E-state index contributed by atoms with van der Waals surface area (Å²) < 4.78 is 298. The minimum atomic E-state index is -9.23. The summed E-state index contributed by atoms with van der Waals surface area (Å²) >= 11 is 0. The van der Waals surface area contributed by atoms with Crippen molar-refractivity contribution in [3.8, 4) is 0 Å². The van der Waals surface area contributed by atoms with E-state index < -0.39 is 144 Å². The van der Waals surface area contributed by atoms with Gasteiger partial charge in [-0.15, -0.1) is 0 Å². The summed E-state index contributed by atoms with van der Waals surface area (Å²) in [6.07, 6.45) is -9.23. The van der Waals surface area contributed by atoms with Crippen molar-refractivity contribution in [2.24, 2.45) is 0 Å². The van der Waals surface area contributed by atoms with Gasteiger partial charge in [-0.2, -0.15) is 0 Å². The van der Waals surface area contributed by atoms with Crippen molar-refractivity contribution < 1.29 is 87.8 Å². The molecule has 0 amide bonds. The second-order valence-corrected chi connectivity index (χ2v) is 16.1. The van der Waals surface area contributed by atoms with Crippen LogP contribution in [-0.4, -0.2) is 0 Å². The summed E-state index contributed by atoms with van der Waals surface area (Å²) in [7, 11) is 0.137. The molecule has 0 aromatic heterocycles. The van der Waals surface area contributed by atoms with Gasteiger partial charge in [0.2, 0.25) is 0 Å². The second-order valence-electron chi connectivity index (χ2n) is 8.86. The average molecular weight is 732 g/mol. The first-order valence-electron chi connectivity index (χ1n) is 10.9. The third-order valence-corrected chi connectivity index (χ3v) is 15.0. The molecule has 0 spiro atoms. The van der Waals surface area contributed by atoms with Gasteiger partial charge in [-0.1, -0.05) is 0 Å². The molecule has 4 aromatic rings. The molecule has 0 bridgehead atoms. The van der Waals surface area contributed by atoms with E-state index in [9.17, 15) is 52.7 Å². The summed E-state index contributed by atoms with van der Waals surface area (Å²) in [5.74, 6) is -71.5. The van der Waals surface area contributed by atoms with Crippen LogP contribution in [0.3, 0.4) is 0 Å². The molecular weight excluding hydrogens is 730 g/mol. The third kappa shape index (κ3) is 4.04. The number of hydrogen-bond acceptors (Lipinski definition) is 0. The van der Waals surface area contributed by atoms with Gasteiger partial charge >= 0.3 is 241 Å². The van der Waals surface area contributed by atoms with E-state index in [2.05, 4.69) is 0 Å². The van der Waals surface area contributed by atoms with Gasteiger partial charge in [0.05, 0.1) is 0 Å². The van der Waals surface area contributed by atoms with Crippen LogP contribution in [0.5, 0.6) is 0 Å². The zero-order chi connectivity index (χ0) is 35.3. The van der Waals surface area contributed by atoms with E-state index >= 15 is 35.1 Å². The van der Waals surface area contributed by atoms with Crippen LogP contribution >= 0.6 is 15.2 Å². The van der Waals surface area contributed by atoms with Crippen LogP contribution in [0.15, 0.2) is 0 Å². The standard InChI is InChI=1S/C24H2F20P2/c25-1-5(29)13(37)21(14(38)6(1)30)46(45,22-15(39)7(31)2(26)8(32)16(22)40,23-17(41)9(33)3(27)10(34)18(23)42)24-19(43)11(35)4(28)12(36)20(24)44/h45H2. The zero-order valence-corrected chi connectivity index (χ0v) is 22.6. The Labute approximate surface area is 241 Å². The fraction of sp³-hybridized carbons (Fsp3) is 0. The van der Waals surface area contributed by atoms with Crippen molar-refractivity contribution in [3.63, 3.8) is 0 Å². The topological polar surface area (TPSA) is 0 Å². The molecule has 4 rings (SSSR count). The third-order valence-electron chi connectivity index (χ3n) is 6.60. The average Bonchev–Trinajstić information content (AvgIpc) is 3.00. The molecule has 0 aliphatic heterocycles. The van der Waals surface area contributed by atoms with Crippen LogP contribution < -0.4 is 21.2 Å². The van der Waals surface area contributed by atoms with Crippen molar-refractivity contribution in [2.45, 2.75) is 0 Å². The number of benzene rings is 4. The van der Waals surface area contributed by atoms with Crippen LogP contribution in [-0.2, 0) is 0 Å². The van der Waals surface area contributed by atoms with Gasteiger partial charge < -0.3 is 0 Å². The molecule has 0 saturated heterocycles. The Bertz CT molecular complexity index is 1630. The number of halogens is 20. The van der Waals surface area contributed by atoms with E-state index in [-0.39, 0.29) is 8.93 Å². The first-order valence-corrected chi connectivity index (χ1v) is 14.8. The predicted octanol–water partition coefficient (Wildman–Crippen LogP) is 7.41. The van der Waals surface area contributed by atoms with Crippen molar-refractivity contribution >= 4 is 36.4 Å². The van der Waals surface area contributed by atoms with Crippen LogP contribution in [0.4, 0.5) is 87.8 Å². The molecule has 0 fully saturated rings. The molecule has 0 heterocycles. The molecule has 248 valence electrons. The summed E-state index contributed by atoms with van der Waals surface area (Å²) in [6.45, 7) is 0. The Morgan fingerprint density at radius 1 is 0.196 bits per heavy atom. The van der Waals surface area contributed by atoms with Crippen LogP contribution in [0.2, 0.25) is 0 Å². The van der Waals surface area contributed by atoms with Gasteiger partial charge in [0.15, 0.2) is 0 Å². The van der Waals surface area contributed by atoms with Gasteiger partial charge in [0.25, 0.3) is 0 Å². The van der Waals surface area contributed by atoms with E-state index in [1.807, 2.05) is 0 Å². The van der Waals surface area contributed by atoms with E-state index in [1.54, 1.807) is 0 Å². The molecule has 0 aliphatic rings. The molecule has 0 aliphatic carbocycles. The Balaban J connectivity index is 2.78. The van der Waals surface area contributed by atoms with E-state index in [1.165, 1.54) is 0 Å². The summed E-state index contributed by atoms with van der Waals surface area (Å²) in [5, 5.41) is -14.3. The minimum absolute atomic E-state index is 0.137. The SMILES string of the molecule is Fc1c(F)c(F)c(P(P)(c2c(F)c(F)c(F)c(F)c2F)(c2c(F)c(F)c(F)c(F)c2F)c2c(F)c(F)c(F)c(F)c2F)c(F)c1F. The summed E-state index contributed by atoms with van der Waals surface area (Å²) in [4.78, 5) is 0. The fourth-order valence-corrected chi connectivity index (χ4v) is 12.8. The van der Waals surface area contributed by atoms with Gasteiger partial charge in [0.1, 0.15) is 0 Å². The van der Waals surface area contributed by atoms with Crippen LogP contribution in [0, 0.1) is 116 Å². The molecule has 1 atom stereocenters. The first kappa shape index (κ1) is 35.2. The second kappa shape index (κ2) is 11.0. The van der Waals surface area contributed by atoms with E-state index in [0.29, 0.717) is 0 Å². The van der Waals surface area contributed by atoms with Crippen molar-refractivity contribution in [2.75, 3.05) is 0 Å². The molecule has 0 nitrogen and oxygen atoms in total. The van der Waals surface area contributed by atoms with Crippen LogP contribution in [0.1, 0.15) is 0 Å². The maximum atomic E-state index is 15.6. The molecule has 46 heavy (non-hydrogen) atoms. The first-order chi connectivity index (χ1) is 21.0. The number of hydrogen-bond donors (Lipinski definition) is 0. The molecule has 0 radical (unpaired) electrons. The summed E-state index contributed by atoms with van der Waals surface area (Å²) in [6, 6.07) is 0. The van der Waals surface area contributed by atoms with Gasteiger partial charge in [-0.05, 0) is 0 Å². The summed E-state index contributed by atoms with van der Waals surface area (Å²) in [5.41, 5.74) is 0. The van der Waals surface area contributed by atoms with Gasteiger partial charge in [-0.3, -0.25) is 0 Å². The Morgan fingerprint density at radius 2 is 0.283 bits per heavy atom. The molecule has 22 heteroatoms. The normalized spacial score (nSPS) is 12.9. The van der Waals surface area contributed by atoms with Crippen LogP contribution in [0.25, 0.3) is 0 Å². The monoisotopic (exact) mass is 732 g/mol. The predicted molar refractivity (Wildman–Crippen MR) is 120 cm³/mol. The molecular formula is C24H2F20P2. The zero-order valence-electron chi connectivity index (χ0n) is 20.6. The molecule has 0 saturated carbocycles. The molecule has 1 unspecified atom stereocenters. The van der Waals surface area contributed by atoms with E-state index in [0.717, 1.165) is 0 Å². The van der Waals surface area contributed by atoms with Crippen molar-refractivity contribution in [1.82, 2.24) is 0 Å². The van der Waals surface area contributed by atoms with E-state index in [4.69, 9.17) is 0 Å². The van der Waals surface area contributed by atoms with Crippen molar-refractivity contribution in [1.29, 1.82) is 0 Å².